The zero-order chi connectivity index (χ0) is 22.2. The number of nitrogens with zero attached hydrogens (tertiary/aromatic N) is 2. The number of alkyl halides is 3. The van der Waals surface area contributed by atoms with Gasteiger partial charge in [0.25, 0.3) is 10.0 Å². The smallest absolute Gasteiger partial charge is 0.376 e. The zero-order valence-electron chi connectivity index (χ0n) is 15.6. The molecule has 0 aliphatic carbocycles. The largest absolute Gasteiger partial charge is 0.421 e. The Bertz CT molecular complexity index is 1140. The number of anilines is 1. The minimum atomic E-state index is -4.86. The SMILES string of the molecule is CSc1nccc(-c2ccc(S(=O)(=O)Nc3ccc(C(C)(O)C(F)(F)F)cc3)s2)n1. The summed E-state index contributed by atoms with van der Waals surface area (Å²) in [4.78, 5) is 9.03. The maximum atomic E-state index is 12.9. The second kappa shape index (κ2) is 8.17. The van der Waals surface area contributed by atoms with E-state index < -0.39 is 27.4 Å². The van der Waals surface area contributed by atoms with Gasteiger partial charge in [-0.15, -0.1) is 11.3 Å². The lowest BCUT2D eigenvalue weighted by Crippen LogP contribution is -2.39. The molecule has 12 heteroatoms. The number of nitrogens with one attached hydrogen (secondary N) is 1. The molecule has 0 radical (unpaired) electrons. The molecule has 1 aromatic carbocycles. The average molecular weight is 476 g/mol. The van der Waals surface area contributed by atoms with Crippen LogP contribution >= 0.6 is 23.1 Å². The van der Waals surface area contributed by atoms with Crippen LogP contribution in [-0.2, 0) is 15.6 Å². The van der Waals surface area contributed by atoms with Crippen molar-refractivity contribution in [3.05, 3.63) is 54.2 Å². The molecule has 1 unspecified atom stereocenters. The van der Waals surface area contributed by atoms with Gasteiger partial charge in [0.1, 0.15) is 4.21 Å². The van der Waals surface area contributed by atoms with Crippen LogP contribution in [0, 0.1) is 0 Å². The number of hydrogen-bond donors (Lipinski definition) is 2. The minimum Gasteiger partial charge on any atom is -0.376 e. The number of thiophene rings is 1. The number of thioether (sulfide) groups is 1. The summed E-state index contributed by atoms with van der Waals surface area (Å²) in [6.45, 7) is 0.634. The van der Waals surface area contributed by atoms with Crippen LogP contribution in [0.15, 0.2) is 58.0 Å². The van der Waals surface area contributed by atoms with Crippen molar-refractivity contribution in [2.75, 3.05) is 11.0 Å². The third-order valence-electron chi connectivity index (χ3n) is 4.17. The summed E-state index contributed by atoms with van der Waals surface area (Å²) in [5.41, 5.74) is -2.79. The fourth-order valence-electron chi connectivity index (χ4n) is 2.41. The molecule has 30 heavy (non-hydrogen) atoms. The molecule has 2 aromatic heterocycles. The summed E-state index contributed by atoms with van der Waals surface area (Å²) < 4.78 is 66.4. The molecule has 3 rings (SSSR count). The summed E-state index contributed by atoms with van der Waals surface area (Å²) in [5.74, 6) is 0. The van der Waals surface area contributed by atoms with Crippen LogP contribution in [0.3, 0.4) is 0 Å². The van der Waals surface area contributed by atoms with Crippen molar-refractivity contribution in [2.24, 2.45) is 0 Å². The van der Waals surface area contributed by atoms with Crippen LogP contribution in [0.5, 0.6) is 0 Å². The molecule has 0 amide bonds. The van der Waals surface area contributed by atoms with Crippen LogP contribution in [0.4, 0.5) is 18.9 Å². The van der Waals surface area contributed by atoms with E-state index >= 15 is 0 Å². The highest BCUT2D eigenvalue weighted by Gasteiger charge is 2.51. The first-order valence-electron chi connectivity index (χ1n) is 8.34. The Morgan fingerprint density at radius 3 is 2.37 bits per heavy atom. The molecule has 6 nitrogen and oxygen atoms in total. The Kier molecular flexibility index (Phi) is 6.14. The number of sulfonamides is 1. The Labute approximate surface area is 179 Å². The van der Waals surface area contributed by atoms with Gasteiger partial charge in [-0.2, -0.15) is 13.2 Å². The lowest BCUT2D eigenvalue weighted by molar-refractivity contribution is -0.258. The van der Waals surface area contributed by atoms with E-state index in [2.05, 4.69) is 14.7 Å². The van der Waals surface area contributed by atoms with Crippen LogP contribution in [-0.4, -0.2) is 35.9 Å². The summed E-state index contributed by atoms with van der Waals surface area (Å²) in [5, 5.41) is 10.3. The van der Waals surface area contributed by atoms with E-state index in [1.807, 2.05) is 6.26 Å². The molecule has 0 aliphatic rings. The van der Waals surface area contributed by atoms with Gasteiger partial charge in [0, 0.05) is 11.9 Å². The Balaban J connectivity index is 1.81. The van der Waals surface area contributed by atoms with Crippen molar-refractivity contribution in [3.63, 3.8) is 0 Å². The molecule has 1 atom stereocenters. The van der Waals surface area contributed by atoms with Gasteiger partial charge >= 0.3 is 6.18 Å². The molecule has 160 valence electrons. The standard InChI is InChI=1S/C18H16F3N3O3S3/c1-17(25,18(19,20)21)11-3-5-12(6-4-11)24-30(26,27)15-8-7-14(29-15)13-9-10-22-16(23-13)28-2/h3-10,24-25H,1-2H3. The first-order chi connectivity index (χ1) is 13.9. The van der Waals surface area contributed by atoms with E-state index in [0.717, 1.165) is 35.6 Å². The molecular formula is C18H16F3N3O3S3. The predicted molar refractivity (Wildman–Crippen MR) is 110 cm³/mol. The third kappa shape index (κ3) is 4.61. The van der Waals surface area contributed by atoms with E-state index in [1.165, 1.54) is 17.8 Å². The lowest BCUT2D eigenvalue weighted by atomic mass is 9.95. The van der Waals surface area contributed by atoms with Crippen LogP contribution in [0.25, 0.3) is 10.6 Å². The topological polar surface area (TPSA) is 92.2 Å². The van der Waals surface area contributed by atoms with Crippen LogP contribution in [0.1, 0.15) is 12.5 Å². The summed E-state index contributed by atoms with van der Waals surface area (Å²) in [6, 6.07) is 9.08. The fraction of sp³-hybridized carbons (Fsp3) is 0.222. The molecule has 2 heterocycles. The number of halogens is 3. The number of rotatable bonds is 6. The van der Waals surface area contributed by atoms with Gasteiger partial charge in [-0.3, -0.25) is 4.72 Å². The van der Waals surface area contributed by atoms with E-state index in [-0.39, 0.29) is 9.90 Å². The highest BCUT2D eigenvalue weighted by Crippen LogP contribution is 2.39. The average Bonchev–Trinajstić information content (AvgIpc) is 3.19. The molecule has 0 saturated carbocycles. The summed E-state index contributed by atoms with van der Waals surface area (Å²) >= 11 is 2.36. The molecule has 3 aromatic rings. The van der Waals surface area contributed by atoms with Gasteiger partial charge in [0.15, 0.2) is 10.8 Å². The van der Waals surface area contributed by atoms with E-state index in [0.29, 0.717) is 22.7 Å². The molecule has 0 fully saturated rings. The van der Waals surface area contributed by atoms with Gasteiger partial charge < -0.3 is 5.11 Å². The van der Waals surface area contributed by atoms with Crippen LogP contribution in [0.2, 0.25) is 0 Å². The zero-order valence-corrected chi connectivity index (χ0v) is 18.1. The Morgan fingerprint density at radius 2 is 1.77 bits per heavy atom. The van der Waals surface area contributed by atoms with Crippen molar-refractivity contribution in [1.29, 1.82) is 0 Å². The molecule has 0 aliphatic heterocycles. The third-order valence-corrected chi connectivity index (χ3v) is 7.71. The van der Waals surface area contributed by atoms with E-state index in [9.17, 15) is 26.7 Å². The van der Waals surface area contributed by atoms with Gasteiger partial charge in [-0.05, 0) is 49.1 Å². The maximum Gasteiger partial charge on any atom is 0.421 e. The molecule has 0 bridgehead atoms. The molecular weight excluding hydrogens is 459 g/mol. The van der Waals surface area contributed by atoms with E-state index in [4.69, 9.17) is 0 Å². The number of hydrogen-bond acceptors (Lipinski definition) is 7. The van der Waals surface area contributed by atoms with Crippen LogP contribution < -0.4 is 4.72 Å². The van der Waals surface area contributed by atoms with Crippen molar-refractivity contribution in [1.82, 2.24) is 9.97 Å². The van der Waals surface area contributed by atoms with Gasteiger partial charge in [0.05, 0.1) is 10.6 Å². The Morgan fingerprint density at radius 1 is 1.10 bits per heavy atom. The predicted octanol–water partition coefficient (Wildman–Crippen LogP) is 4.50. The van der Waals surface area contributed by atoms with Gasteiger partial charge in [-0.25, -0.2) is 18.4 Å². The minimum absolute atomic E-state index is 0.0215. The molecule has 0 saturated heterocycles. The quantitative estimate of drug-likeness (QED) is 0.403. The van der Waals surface area contributed by atoms with Gasteiger partial charge in [-0.1, -0.05) is 23.9 Å². The number of aliphatic hydroxyl groups is 1. The van der Waals surface area contributed by atoms with Crippen molar-refractivity contribution in [3.8, 4) is 10.6 Å². The molecule has 0 spiro atoms. The summed E-state index contributed by atoms with van der Waals surface area (Å²) in [6.07, 6.45) is -1.46. The Hall–Kier alpha value is -2.15. The highest BCUT2D eigenvalue weighted by molar-refractivity contribution is 7.98. The van der Waals surface area contributed by atoms with Crippen molar-refractivity contribution in [2.45, 2.75) is 28.1 Å². The van der Waals surface area contributed by atoms with Gasteiger partial charge in [0.2, 0.25) is 0 Å². The second-order valence-corrected chi connectivity index (χ2v) is 10.1. The number of aromatic nitrogens is 2. The first-order valence-corrected chi connectivity index (χ1v) is 11.9. The fourth-order valence-corrected chi connectivity index (χ4v) is 5.10. The second-order valence-electron chi connectivity index (χ2n) is 6.30. The summed E-state index contributed by atoms with van der Waals surface area (Å²) in [7, 11) is -3.96. The highest BCUT2D eigenvalue weighted by atomic mass is 32.2. The maximum absolute atomic E-state index is 12.9. The molecule has 2 N–H and O–H groups in total. The first kappa shape index (κ1) is 22.5. The van der Waals surface area contributed by atoms with E-state index in [1.54, 1.807) is 18.3 Å². The normalized spacial score (nSPS) is 14.3. The van der Waals surface area contributed by atoms with Crippen molar-refractivity contribution >= 4 is 38.8 Å². The lowest BCUT2D eigenvalue weighted by Gasteiger charge is -2.26. The monoisotopic (exact) mass is 475 g/mol. The van der Waals surface area contributed by atoms with Crippen molar-refractivity contribution < 1.29 is 26.7 Å². The number of benzene rings is 1.